The summed E-state index contributed by atoms with van der Waals surface area (Å²) in [6.07, 6.45) is 0. The Labute approximate surface area is 106 Å². The van der Waals surface area contributed by atoms with Gasteiger partial charge in [0.1, 0.15) is 6.04 Å². The number of methoxy groups -OCH3 is 2. The van der Waals surface area contributed by atoms with Crippen molar-refractivity contribution >= 4 is 17.6 Å². The molecule has 5 heteroatoms. The second-order valence-corrected chi connectivity index (χ2v) is 3.97. The van der Waals surface area contributed by atoms with E-state index in [4.69, 9.17) is 16.3 Å². The third-order valence-electron chi connectivity index (χ3n) is 2.28. The first-order chi connectivity index (χ1) is 8.17. The van der Waals surface area contributed by atoms with Crippen molar-refractivity contribution in [2.24, 2.45) is 0 Å². The predicted molar refractivity (Wildman–Crippen MR) is 66.0 cm³/mol. The van der Waals surface area contributed by atoms with Gasteiger partial charge in [0.25, 0.3) is 0 Å². The number of halogens is 1. The van der Waals surface area contributed by atoms with Crippen LogP contribution in [0.5, 0.6) is 0 Å². The van der Waals surface area contributed by atoms with Gasteiger partial charge in [0.15, 0.2) is 0 Å². The van der Waals surface area contributed by atoms with Crippen molar-refractivity contribution in [1.82, 2.24) is 5.32 Å². The van der Waals surface area contributed by atoms with E-state index in [1.165, 1.54) is 7.11 Å². The van der Waals surface area contributed by atoms with Crippen molar-refractivity contribution in [2.75, 3.05) is 20.8 Å². The summed E-state index contributed by atoms with van der Waals surface area (Å²) in [4.78, 5) is 11.4. The summed E-state index contributed by atoms with van der Waals surface area (Å²) >= 11 is 5.78. The van der Waals surface area contributed by atoms with Crippen molar-refractivity contribution in [2.45, 2.75) is 12.6 Å². The van der Waals surface area contributed by atoms with Crippen molar-refractivity contribution in [1.29, 1.82) is 0 Å². The molecule has 0 amide bonds. The Bertz CT molecular complexity index is 353. The molecule has 94 valence electrons. The number of nitrogens with one attached hydrogen (secondary N) is 1. The van der Waals surface area contributed by atoms with Gasteiger partial charge in [-0.15, -0.1) is 0 Å². The average Bonchev–Trinajstić information content (AvgIpc) is 2.35. The molecule has 1 aromatic rings. The Balaban J connectivity index is 2.51. The Hall–Kier alpha value is -1.10. The Kier molecular flexibility index (Phi) is 5.97. The van der Waals surface area contributed by atoms with E-state index in [0.29, 0.717) is 11.6 Å². The maximum atomic E-state index is 11.4. The molecular weight excluding hydrogens is 242 g/mol. The highest BCUT2D eigenvalue weighted by Crippen LogP contribution is 2.09. The highest BCUT2D eigenvalue weighted by molar-refractivity contribution is 6.30. The highest BCUT2D eigenvalue weighted by atomic mass is 35.5. The smallest absolute Gasteiger partial charge is 0.325 e. The fraction of sp³-hybridized carbons (Fsp3) is 0.417. The van der Waals surface area contributed by atoms with Crippen LogP contribution in [0.1, 0.15) is 5.56 Å². The van der Waals surface area contributed by atoms with E-state index < -0.39 is 6.04 Å². The number of carbonyl (C=O) groups excluding carboxylic acids is 1. The number of hydrogen-bond donors (Lipinski definition) is 1. The van der Waals surface area contributed by atoms with Gasteiger partial charge in [-0.25, -0.2) is 0 Å². The van der Waals surface area contributed by atoms with Crippen LogP contribution in [0.4, 0.5) is 0 Å². The molecule has 17 heavy (non-hydrogen) atoms. The van der Waals surface area contributed by atoms with Gasteiger partial charge in [-0.2, -0.15) is 0 Å². The normalized spacial score (nSPS) is 12.2. The lowest BCUT2D eigenvalue weighted by Gasteiger charge is -2.15. The lowest BCUT2D eigenvalue weighted by atomic mass is 10.2. The Morgan fingerprint density at radius 2 is 2.00 bits per heavy atom. The summed E-state index contributed by atoms with van der Waals surface area (Å²) in [5, 5.41) is 3.75. The standard InChI is InChI=1S/C12H16ClNO3/c1-16-8-11(12(15)17-2)14-7-9-3-5-10(13)6-4-9/h3-6,11,14H,7-8H2,1-2H3/t11-/m1/s1. The van der Waals surface area contributed by atoms with Crippen molar-refractivity contribution in [3.63, 3.8) is 0 Å². The van der Waals surface area contributed by atoms with Gasteiger partial charge in [-0.05, 0) is 17.7 Å². The van der Waals surface area contributed by atoms with Gasteiger partial charge in [-0.3, -0.25) is 10.1 Å². The van der Waals surface area contributed by atoms with E-state index in [2.05, 4.69) is 10.1 Å². The number of benzene rings is 1. The van der Waals surface area contributed by atoms with Crippen LogP contribution in [-0.4, -0.2) is 32.8 Å². The van der Waals surface area contributed by atoms with E-state index in [-0.39, 0.29) is 12.6 Å². The second-order valence-electron chi connectivity index (χ2n) is 3.54. The van der Waals surface area contributed by atoms with E-state index in [0.717, 1.165) is 5.56 Å². The molecule has 0 fully saturated rings. The molecule has 0 aliphatic rings. The second kappa shape index (κ2) is 7.27. The summed E-state index contributed by atoms with van der Waals surface area (Å²) in [6.45, 7) is 0.834. The maximum absolute atomic E-state index is 11.4. The number of esters is 1. The topological polar surface area (TPSA) is 47.6 Å². The Morgan fingerprint density at radius 3 is 2.53 bits per heavy atom. The maximum Gasteiger partial charge on any atom is 0.325 e. The first kappa shape index (κ1) is 14.0. The molecule has 0 aromatic heterocycles. The number of hydrogen-bond acceptors (Lipinski definition) is 4. The van der Waals surface area contributed by atoms with Crippen molar-refractivity contribution in [3.8, 4) is 0 Å². The van der Waals surface area contributed by atoms with Gasteiger partial charge in [0.2, 0.25) is 0 Å². The molecule has 0 heterocycles. The summed E-state index contributed by atoms with van der Waals surface area (Å²) in [5.74, 6) is -0.333. The van der Waals surface area contributed by atoms with E-state index in [9.17, 15) is 4.79 Å². The minimum absolute atomic E-state index is 0.278. The zero-order chi connectivity index (χ0) is 12.7. The molecule has 1 rings (SSSR count). The fourth-order valence-electron chi connectivity index (χ4n) is 1.36. The first-order valence-corrected chi connectivity index (χ1v) is 5.59. The highest BCUT2D eigenvalue weighted by Gasteiger charge is 2.17. The number of ether oxygens (including phenoxy) is 2. The zero-order valence-electron chi connectivity index (χ0n) is 9.90. The molecule has 0 unspecified atom stereocenters. The molecular formula is C12H16ClNO3. The summed E-state index contributed by atoms with van der Waals surface area (Å²) < 4.78 is 9.62. The van der Waals surface area contributed by atoms with Crippen LogP contribution in [0.25, 0.3) is 0 Å². The van der Waals surface area contributed by atoms with Gasteiger partial charge in [0, 0.05) is 18.7 Å². The molecule has 0 aliphatic carbocycles. The molecule has 0 radical (unpaired) electrons. The number of rotatable bonds is 6. The molecule has 0 spiro atoms. The molecule has 1 atom stereocenters. The number of carbonyl (C=O) groups is 1. The molecule has 1 N–H and O–H groups in total. The lowest BCUT2D eigenvalue weighted by Crippen LogP contribution is -2.40. The average molecular weight is 258 g/mol. The molecule has 0 aliphatic heterocycles. The van der Waals surface area contributed by atoms with Crippen molar-refractivity contribution in [3.05, 3.63) is 34.9 Å². The molecule has 4 nitrogen and oxygen atoms in total. The molecule has 0 bridgehead atoms. The lowest BCUT2D eigenvalue weighted by molar-refractivity contribution is -0.144. The third-order valence-corrected chi connectivity index (χ3v) is 2.54. The van der Waals surface area contributed by atoms with Crippen LogP contribution >= 0.6 is 11.6 Å². The monoisotopic (exact) mass is 257 g/mol. The van der Waals surface area contributed by atoms with Gasteiger partial charge in [0.05, 0.1) is 13.7 Å². The minimum atomic E-state index is -0.458. The van der Waals surface area contributed by atoms with Gasteiger partial charge in [-0.1, -0.05) is 23.7 Å². The van der Waals surface area contributed by atoms with Gasteiger partial charge < -0.3 is 9.47 Å². The van der Waals surface area contributed by atoms with Crippen LogP contribution in [0.15, 0.2) is 24.3 Å². The molecule has 0 saturated heterocycles. The van der Waals surface area contributed by atoms with Crippen LogP contribution in [0.2, 0.25) is 5.02 Å². The summed E-state index contributed by atoms with van der Waals surface area (Å²) in [7, 11) is 2.90. The van der Waals surface area contributed by atoms with E-state index >= 15 is 0 Å². The summed E-state index contributed by atoms with van der Waals surface area (Å²) in [5.41, 5.74) is 1.04. The van der Waals surface area contributed by atoms with Crippen LogP contribution in [0, 0.1) is 0 Å². The van der Waals surface area contributed by atoms with Gasteiger partial charge >= 0.3 is 5.97 Å². The fourth-order valence-corrected chi connectivity index (χ4v) is 1.49. The predicted octanol–water partition coefficient (Wildman–Crippen LogP) is 1.62. The van der Waals surface area contributed by atoms with Crippen LogP contribution in [0.3, 0.4) is 0 Å². The first-order valence-electron chi connectivity index (χ1n) is 5.22. The molecule has 0 saturated carbocycles. The Morgan fingerprint density at radius 1 is 1.35 bits per heavy atom. The quantitative estimate of drug-likeness (QED) is 0.787. The van der Waals surface area contributed by atoms with E-state index in [1.807, 2.05) is 24.3 Å². The van der Waals surface area contributed by atoms with Crippen molar-refractivity contribution < 1.29 is 14.3 Å². The van der Waals surface area contributed by atoms with Crippen LogP contribution < -0.4 is 5.32 Å². The zero-order valence-corrected chi connectivity index (χ0v) is 10.7. The minimum Gasteiger partial charge on any atom is -0.468 e. The largest absolute Gasteiger partial charge is 0.468 e. The van der Waals surface area contributed by atoms with E-state index in [1.54, 1.807) is 7.11 Å². The molecule has 1 aromatic carbocycles. The van der Waals surface area contributed by atoms with Crippen LogP contribution in [-0.2, 0) is 20.8 Å². The SMILES string of the molecule is COC[C@@H](NCc1ccc(Cl)cc1)C(=O)OC. The summed E-state index contributed by atoms with van der Waals surface area (Å²) in [6, 6.07) is 6.96. The third kappa shape index (κ3) is 4.73.